The first-order valence-corrected chi connectivity index (χ1v) is 7.10. The highest BCUT2D eigenvalue weighted by Crippen LogP contribution is 2.27. The number of rotatable bonds is 4. The van der Waals surface area contributed by atoms with Gasteiger partial charge in [-0.3, -0.25) is 0 Å². The molecule has 0 radical (unpaired) electrons. The van der Waals surface area contributed by atoms with Gasteiger partial charge in [-0.15, -0.1) is 0 Å². The van der Waals surface area contributed by atoms with Crippen molar-refractivity contribution < 1.29 is 0 Å². The number of hydrogen-bond donors (Lipinski definition) is 1. The molecule has 2 rings (SSSR count). The van der Waals surface area contributed by atoms with Crippen LogP contribution in [-0.4, -0.2) is 18.6 Å². The minimum Gasteiger partial charge on any atom is -0.359 e. The number of nitrogens with two attached hydrogens (primary N) is 1. The SMILES string of the molecule is C[C@@H](N)c1cccnc1N(C)CC1CCCCC1. The predicted molar refractivity (Wildman–Crippen MR) is 76.7 cm³/mol. The summed E-state index contributed by atoms with van der Waals surface area (Å²) in [5.41, 5.74) is 7.17. The molecule has 18 heavy (non-hydrogen) atoms. The Morgan fingerprint density at radius 1 is 1.39 bits per heavy atom. The fraction of sp³-hybridized carbons (Fsp3) is 0.667. The first kappa shape index (κ1) is 13.3. The van der Waals surface area contributed by atoms with Crippen molar-refractivity contribution in [2.75, 3.05) is 18.5 Å². The van der Waals surface area contributed by atoms with E-state index in [-0.39, 0.29) is 6.04 Å². The van der Waals surface area contributed by atoms with Gasteiger partial charge in [0.1, 0.15) is 5.82 Å². The molecule has 1 heterocycles. The van der Waals surface area contributed by atoms with Crippen molar-refractivity contribution in [1.82, 2.24) is 4.98 Å². The zero-order valence-electron chi connectivity index (χ0n) is 11.6. The second-order valence-electron chi connectivity index (χ2n) is 5.59. The zero-order valence-corrected chi connectivity index (χ0v) is 11.6. The van der Waals surface area contributed by atoms with E-state index in [0.29, 0.717) is 0 Å². The van der Waals surface area contributed by atoms with E-state index in [0.717, 1.165) is 23.8 Å². The Kier molecular flexibility index (Phi) is 4.59. The Hall–Kier alpha value is -1.09. The van der Waals surface area contributed by atoms with Gasteiger partial charge in [0.15, 0.2) is 0 Å². The van der Waals surface area contributed by atoms with Gasteiger partial charge < -0.3 is 10.6 Å². The van der Waals surface area contributed by atoms with E-state index in [4.69, 9.17) is 5.73 Å². The molecule has 1 saturated carbocycles. The minimum absolute atomic E-state index is 0.0440. The quantitative estimate of drug-likeness (QED) is 0.889. The molecule has 2 N–H and O–H groups in total. The molecule has 1 fully saturated rings. The third kappa shape index (κ3) is 3.22. The molecule has 1 atom stereocenters. The molecule has 0 unspecified atom stereocenters. The van der Waals surface area contributed by atoms with Crippen molar-refractivity contribution in [1.29, 1.82) is 0 Å². The average Bonchev–Trinajstić information content (AvgIpc) is 2.40. The van der Waals surface area contributed by atoms with Crippen molar-refractivity contribution in [3.8, 4) is 0 Å². The Balaban J connectivity index is 2.05. The molecule has 100 valence electrons. The molecule has 0 aromatic carbocycles. The van der Waals surface area contributed by atoms with E-state index >= 15 is 0 Å². The van der Waals surface area contributed by atoms with Crippen LogP contribution in [0.4, 0.5) is 5.82 Å². The lowest BCUT2D eigenvalue weighted by Gasteiger charge is -2.29. The van der Waals surface area contributed by atoms with Crippen LogP contribution < -0.4 is 10.6 Å². The summed E-state index contributed by atoms with van der Waals surface area (Å²) in [6, 6.07) is 4.10. The van der Waals surface area contributed by atoms with E-state index in [2.05, 4.69) is 23.0 Å². The molecule has 1 aromatic rings. The summed E-state index contributed by atoms with van der Waals surface area (Å²) in [5, 5.41) is 0. The van der Waals surface area contributed by atoms with Gasteiger partial charge in [-0.2, -0.15) is 0 Å². The van der Waals surface area contributed by atoms with Crippen LogP contribution in [0.3, 0.4) is 0 Å². The lowest BCUT2D eigenvalue weighted by atomic mass is 9.89. The number of pyridine rings is 1. The zero-order chi connectivity index (χ0) is 13.0. The molecular formula is C15H25N3. The summed E-state index contributed by atoms with van der Waals surface area (Å²) in [5.74, 6) is 1.88. The third-order valence-electron chi connectivity index (χ3n) is 3.93. The highest BCUT2D eigenvalue weighted by Gasteiger charge is 2.18. The maximum Gasteiger partial charge on any atom is 0.133 e. The summed E-state index contributed by atoms with van der Waals surface area (Å²) < 4.78 is 0. The first-order valence-electron chi connectivity index (χ1n) is 7.10. The van der Waals surface area contributed by atoms with E-state index in [9.17, 15) is 0 Å². The third-order valence-corrected chi connectivity index (χ3v) is 3.93. The summed E-state index contributed by atoms with van der Waals surface area (Å²) in [7, 11) is 2.14. The van der Waals surface area contributed by atoms with Crippen LogP contribution in [-0.2, 0) is 0 Å². The fourth-order valence-corrected chi connectivity index (χ4v) is 2.93. The van der Waals surface area contributed by atoms with E-state index in [1.54, 1.807) is 0 Å². The summed E-state index contributed by atoms with van der Waals surface area (Å²) in [4.78, 5) is 6.80. The Labute approximate surface area is 110 Å². The van der Waals surface area contributed by atoms with Crippen LogP contribution in [0.15, 0.2) is 18.3 Å². The standard InChI is InChI=1S/C15H25N3/c1-12(16)14-9-6-10-17-15(14)18(2)11-13-7-4-3-5-8-13/h6,9-10,12-13H,3-5,7-8,11,16H2,1-2H3/t12-/m1/s1. The Morgan fingerprint density at radius 3 is 2.78 bits per heavy atom. The van der Waals surface area contributed by atoms with E-state index < -0.39 is 0 Å². The number of nitrogens with zero attached hydrogens (tertiary/aromatic N) is 2. The van der Waals surface area contributed by atoms with Gasteiger partial charge >= 0.3 is 0 Å². The van der Waals surface area contributed by atoms with E-state index in [1.807, 2.05) is 19.2 Å². The minimum atomic E-state index is 0.0440. The maximum atomic E-state index is 6.02. The molecule has 0 aliphatic heterocycles. The molecule has 0 saturated heterocycles. The van der Waals surface area contributed by atoms with Gasteiger partial charge in [0, 0.05) is 31.4 Å². The predicted octanol–water partition coefficient (Wildman–Crippen LogP) is 3.12. The van der Waals surface area contributed by atoms with Crippen LogP contribution in [0.2, 0.25) is 0 Å². The van der Waals surface area contributed by atoms with Crippen LogP contribution in [0.25, 0.3) is 0 Å². The molecule has 3 nitrogen and oxygen atoms in total. The van der Waals surface area contributed by atoms with Crippen molar-refractivity contribution in [3.05, 3.63) is 23.9 Å². The van der Waals surface area contributed by atoms with Crippen molar-refractivity contribution >= 4 is 5.82 Å². The Bertz CT molecular complexity index is 370. The monoisotopic (exact) mass is 247 g/mol. The second kappa shape index (κ2) is 6.19. The van der Waals surface area contributed by atoms with Crippen LogP contribution >= 0.6 is 0 Å². The van der Waals surface area contributed by atoms with Gasteiger partial charge in [0.05, 0.1) is 0 Å². The lowest BCUT2D eigenvalue weighted by Crippen LogP contribution is -2.29. The maximum absolute atomic E-state index is 6.02. The summed E-state index contributed by atoms with van der Waals surface area (Å²) in [6.45, 7) is 3.13. The highest BCUT2D eigenvalue weighted by molar-refractivity contribution is 5.47. The van der Waals surface area contributed by atoms with Gasteiger partial charge in [-0.05, 0) is 31.7 Å². The van der Waals surface area contributed by atoms with Gasteiger partial charge in [-0.25, -0.2) is 4.98 Å². The van der Waals surface area contributed by atoms with Gasteiger partial charge in [0.2, 0.25) is 0 Å². The molecule has 0 amide bonds. The first-order chi connectivity index (χ1) is 8.68. The summed E-state index contributed by atoms with van der Waals surface area (Å²) >= 11 is 0. The molecule has 3 heteroatoms. The molecule has 0 bridgehead atoms. The smallest absolute Gasteiger partial charge is 0.133 e. The number of hydrogen-bond acceptors (Lipinski definition) is 3. The van der Waals surface area contributed by atoms with E-state index in [1.165, 1.54) is 32.1 Å². The van der Waals surface area contributed by atoms with Crippen molar-refractivity contribution in [2.24, 2.45) is 11.7 Å². The van der Waals surface area contributed by atoms with Crippen LogP contribution in [0, 0.1) is 5.92 Å². The van der Waals surface area contributed by atoms with Crippen LogP contribution in [0.1, 0.15) is 50.6 Å². The Morgan fingerprint density at radius 2 is 2.11 bits per heavy atom. The molecular weight excluding hydrogens is 222 g/mol. The fourth-order valence-electron chi connectivity index (χ4n) is 2.93. The second-order valence-corrected chi connectivity index (χ2v) is 5.59. The molecule has 1 aromatic heterocycles. The molecule has 1 aliphatic rings. The summed E-state index contributed by atoms with van der Waals surface area (Å²) in [6.07, 6.45) is 8.78. The average molecular weight is 247 g/mol. The molecule has 1 aliphatic carbocycles. The molecule has 0 spiro atoms. The van der Waals surface area contributed by atoms with Gasteiger partial charge in [0.25, 0.3) is 0 Å². The topological polar surface area (TPSA) is 42.1 Å². The number of anilines is 1. The van der Waals surface area contributed by atoms with Gasteiger partial charge in [-0.1, -0.05) is 25.3 Å². The normalized spacial score (nSPS) is 18.6. The number of aromatic nitrogens is 1. The lowest BCUT2D eigenvalue weighted by molar-refractivity contribution is 0.361. The van der Waals surface area contributed by atoms with Crippen molar-refractivity contribution in [3.63, 3.8) is 0 Å². The highest BCUT2D eigenvalue weighted by atomic mass is 15.2. The van der Waals surface area contributed by atoms with Crippen LogP contribution in [0.5, 0.6) is 0 Å². The largest absolute Gasteiger partial charge is 0.359 e. The van der Waals surface area contributed by atoms with Crippen molar-refractivity contribution in [2.45, 2.75) is 45.1 Å².